The maximum absolute atomic E-state index is 4.68. The highest BCUT2D eigenvalue weighted by molar-refractivity contribution is 7.09. The van der Waals surface area contributed by atoms with Crippen LogP contribution in [-0.4, -0.2) is 22.4 Å². The van der Waals surface area contributed by atoms with E-state index in [1.807, 2.05) is 0 Å². The van der Waals surface area contributed by atoms with Crippen molar-refractivity contribution in [2.24, 2.45) is 0 Å². The first kappa shape index (κ1) is 14.3. The third-order valence-corrected chi connectivity index (χ3v) is 4.21. The number of nitrogens with zero attached hydrogens (tertiary/aromatic N) is 2. The van der Waals surface area contributed by atoms with Crippen molar-refractivity contribution >= 4 is 11.3 Å². The zero-order valence-corrected chi connectivity index (χ0v) is 13.0. The summed E-state index contributed by atoms with van der Waals surface area (Å²) in [4.78, 5) is 1.36. The summed E-state index contributed by atoms with van der Waals surface area (Å²) in [6.07, 6.45) is 1.06. The normalized spacial score (nSPS) is 11.4. The van der Waals surface area contributed by atoms with Gasteiger partial charge < -0.3 is 5.32 Å². The highest BCUT2D eigenvalue weighted by atomic mass is 32.1. The summed E-state index contributed by atoms with van der Waals surface area (Å²) in [6.45, 7) is 10.6. The van der Waals surface area contributed by atoms with Gasteiger partial charge in [-0.3, -0.25) is 4.68 Å². The Balaban J connectivity index is 2.06. The molecule has 0 fully saturated rings. The Morgan fingerprint density at radius 1 is 1.37 bits per heavy atom. The molecule has 104 valence electrons. The Hall–Kier alpha value is -1.13. The topological polar surface area (TPSA) is 29.9 Å². The summed E-state index contributed by atoms with van der Waals surface area (Å²) < 4.78 is 2.13. The van der Waals surface area contributed by atoms with Gasteiger partial charge in [-0.1, -0.05) is 19.9 Å². The van der Waals surface area contributed by atoms with Crippen LogP contribution in [0.1, 0.15) is 35.7 Å². The van der Waals surface area contributed by atoms with E-state index in [1.165, 1.54) is 21.8 Å². The van der Waals surface area contributed by atoms with Crippen LogP contribution in [0.25, 0.3) is 0 Å². The summed E-state index contributed by atoms with van der Waals surface area (Å²) in [6, 6.07) is 4.81. The molecule has 0 aliphatic rings. The lowest BCUT2D eigenvalue weighted by atomic mass is 10.1. The van der Waals surface area contributed by atoms with Gasteiger partial charge in [0, 0.05) is 16.6 Å². The van der Waals surface area contributed by atoms with E-state index >= 15 is 0 Å². The molecule has 0 unspecified atom stereocenters. The van der Waals surface area contributed by atoms with Crippen molar-refractivity contribution in [3.05, 3.63) is 39.3 Å². The third-order valence-electron chi connectivity index (χ3n) is 3.34. The molecule has 2 heterocycles. The van der Waals surface area contributed by atoms with Gasteiger partial charge in [-0.25, -0.2) is 0 Å². The van der Waals surface area contributed by atoms with Gasteiger partial charge >= 0.3 is 0 Å². The van der Waals surface area contributed by atoms with Crippen molar-refractivity contribution in [3.63, 3.8) is 0 Å². The lowest BCUT2D eigenvalue weighted by Gasteiger charge is -2.08. The molecule has 3 nitrogen and oxygen atoms in total. The second kappa shape index (κ2) is 6.35. The summed E-state index contributed by atoms with van der Waals surface area (Å²) in [7, 11) is 0. The van der Waals surface area contributed by atoms with Gasteiger partial charge in [0.05, 0.1) is 12.2 Å². The van der Waals surface area contributed by atoms with Gasteiger partial charge in [-0.15, -0.1) is 11.3 Å². The average Bonchev–Trinajstić information content (AvgIpc) is 2.93. The van der Waals surface area contributed by atoms with Crippen molar-refractivity contribution in [2.45, 2.75) is 46.7 Å². The number of aryl methyl sites for hydroxylation is 1. The summed E-state index contributed by atoms with van der Waals surface area (Å²) in [5, 5.41) is 10.3. The van der Waals surface area contributed by atoms with Crippen LogP contribution in [0.15, 0.2) is 17.5 Å². The number of hydrogen-bond acceptors (Lipinski definition) is 3. The van der Waals surface area contributed by atoms with E-state index < -0.39 is 0 Å². The SMILES string of the molecule is Cc1nn(Cc2cccs2)c(C)c1CCNC(C)C. The Morgan fingerprint density at radius 2 is 2.16 bits per heavy atom. The second-order valence-corrected chi connectivity index (χ2v) is 6.28. The van der Waals surface area contributed by atoms with E-state index in [0.29, 0.717) is 6.04 Å². The van der Waals surface area contributed by atoms with Crippen LogP contribution in [0.3, 0.4) is 0 Å². The van der Waals surface area contributed by atoms with E-state index in [9.17, 15) is 0 Å². The standard InChI is InChI=1S/C15H23N3S/c1-11(2)16-8-7-15-12(3)17-18(13(15)4)10-14-6-5-9-19-14/h5-6,9,11,16H,7-8,10H2,1-4H3. The third kappa shape index (κ3) is 3.67. The van der Waals surface area contributed by atoms with E-state index in [1.54, 1.807) is 11.3 Å². The van der Waals surface area contributed by atoms with Crippen LogP contribution < -0.4 is 5.32 Å². The molecule has 4 heteroatoms. The van der Waals surface area contributed by atoms with Crippen LogP contribution in [0.4, 0.5) is 0 Å². The molecular formula is C15H23N3S. The minimum atomic E-state index is 0.543. The van der Waals surface area contributed by atoms with Crippen LogP contribution in [0, 0.1) is 13.8 Å². The first-order chi connectivity index (χ1) is 9.08. The lowest BCUT2D eigenvalue weighted by Crippen LogP contribution is -2.25. The molecule has 0 bridgehead atoms. The van der Waals surface area contributed by atoms with Crippen molar-refractivity contribution in [1.29, 1.82) is 0 Å². The Kier molecular flexibility index (Phi) is 4.77. The molecule has 0 spiro atoms. The Morgan fingerprint density at radius 3 is 2.79 bits per heavy atom. The van der Waals surface area contributed by atoms with Gasteiger partial charge in [0.25, 0.3) is 0 Å². The van der Waals surface area contributed by atoms with Crippen LogP contribution in [0.5, 0.6) is 0 Å². The first-order valence-electron chi connectivity index (χ1n) is 6.86. The molecule has 0 aromatic carbocycles. The molecule has 2 rings (SSSR count). The Labute approximate surface area is 119 Å². The minimum absolute atomic E-state index is 0.543. The largest absolute Gasteiger partial charge is 0.314 e. The molecule has 2 aromatic heterocycles. The monoisotopic (exact) mass is 277 g/mol. The number of hydrogen-bond donors (Lipinski definition) is 1. The quantitative estimate of drug-likeness (QED) is 0.879. The molecule has 0 radical (unpaired) electrons. The molecule has 19 heavy (non-hydrogen) atoms. The molecule has 2 aromatic rings. The molecule has 0 saturated carbocycles. The number of nitrogens with one attached hydrogen (secondary N) is 1. The smallest absolute Gasteiger partial charge is 0.0755 e. The lowest BCUT2D eigenvalue weighted by molar-refractivity contribution is 0.588. The summed E-state index contributed by atoms with van der Waals surface area (Å²) in [5.74, 6) is 0. The van der Waals surface area contributed by atoms with E-state index in [4.69, 9.17) is 0 Å². The maximum atomic E-state index is 4.68. The number of rotatable bonds is 6. The van der Waals surface area contributed by atoms with E-state index in [-0.39, 0.29) is 0 Å². The van der Waals surface area contributed by atoms with Gasteiger partial charge in [-0.2, -0.15) is 5.10 Å². The van der Waals surface area contributed by atoms with Gasteiger partial charge in [0.1, 0.15) is 0 Å². The zero-order valence-electron chi connectivity index (χ0n) is 12.2. The van der Waals surface area contributed by atoms with Crippen LogP contribution in [0.2, 0.25) is 0 Å². The van der Waals surface area contributed by atoms with Crippen molar-refractivity contribution < 1.29 is 0 Å². The molecule has 0 aliphatic carbocycles. The fourth-order valence-corrected chi connectivity index (χ4v) is 2.97. The molecule has 0 aliphatic heterocycles. The highest BCUT2D eigenvalue weighted by Gasteiger charge is 2.11. The molecule has 0 amide bonds. The summed E-state index contributed by atoms with van der Waals surface area (Å²) >= 11 is 1.79. The molecular weight excluding hydrogens is 254 g/mol. The predicted octanol–water partition coefficient (Wildman–Crippen LogP) is 3.15. The van der Waals surface area contributed by atoms with E-state index in [0.717, 1.165) is 19.5 Å². The van der Waals surface area contributed by atoms with Crippen molar-refractivity contribution in [1.82, 2.24) is 15.1 Å². The average molecular weight is 277 g/mol. The number of aromatic nitrogens is 2. The highest BCUT2D eigenvalue weighted by Crippen LogP contribution is 2.17. The zero-order chi connectivity index (χ0) is 13.8. The molecule has 0 atom stereocenters. The van der Waals surface area contributed by atoms with Crippen molar-refractivity contribution in [2.75, 3.05) is 6.54 Å². The molecule has 0 saturated heterocycles. The summed E-state index contributed by atoms with van der Waals surface area (Å²) in [5.41, 5.74) is 3.86. The minimum Gasteiger partial charge on any atom is -0.314 e. The fraction of sp³-hybridized carbons (Fsp3) is 0.533. The second-order valence-electron chi connectivity index (χ2n) is 5.25. The van der Waals surface area contributed by atoms with Crippen LogP contribution in [-0.2, 0) is 13.0 Å². The molecule has 1 N–H and O–H groups in total. The van der Waals surface area contributed by atoms with E-state index in [2.05, 4.69) is 60.3 Å². The Bertz CT molecular complexity index is 512. The maximum Gasteiger partial charge on any atom is 0.0755 e. The number of thiophene rings is 1. The predicted molar refractivity (Wildman–Crippen MR) is 82.0 cm³/mol. The van der Waals surface area contributed by atoms with Crippen molar-refractivity contribution in [3.8, 4) is 0 Å². The van der Waals surface area contributed by atoms with Gasteiger partial charge in [0.15, 0.2) is 0 Å². The van der Waals surface area contributed by atoms with Crippen LogP contribution >= 0.6 is 11.3 Å². The van der Waals surface area contributed by atoms with Gasteiger partial charge in [-0.05, 0) is 43.8 Å². The van der Waals surface area contributed by atoms with Gasteiger partial charge in [0.2, 0.25) is 0 Å². The first-order valence-corrected chi connectivity index (χ1v) is 7.74. The fourth-order valence-electron chi connectivity index (χ4n) is 2.29.